The number of nitro benzene ring substituents is 1. The third kappa shape index (κ3) is 6.94. The normalized spacial score (nSPS) is 11.1. The van der Waals surface area contributed by atoms with E-state index in [4.69, 9.17) is 9.47 Å². The van der Waals surface area contributed by atoms with Gasteiger partial charge in [-0.3, -0.25) is 14.9 Å². The molecule has 0 fully saturated rings. The largest absolute Gasteiger partial charge is 0.493 e. The fourth-order valence-electron chi connectivity index (χ4n) is 2.54. The summed E-state index contributed by atoms with van der Waals surface area (Å²) in [6, 6.07) is 8.88. The first-order valence-corrected chi connectivity index (χ1v) is 9.22. The summed E-state index contributed by atoms with van der Waals surface area (Å²) in [5.74, 6) is 0.221. The van der Waals surface area contributed by atoms with Crippen molar-refractivity contribution >= 4 is 17.3 Å². The van der Waals surface area contributed by atoms with E-state index in [1.165, 1.54) is 0 Å². The fraction of sp³-hybridized carbons (Fsp3) is 0.350. The highest BCUT2D eigenvalue weighted by Gasteiger charge is 2.38. The lowest BCUT2D eigenvalue weighted by molar-refractivity contribution is -0.388. The molecule has 1 amide bonds. The van der Waals surface area contributed by atoms with Gasteiger partial charge >= 0.3 is 6.18 Å². The van der Waals surface area contributed by atoms with Crippen molar-refractivity contribution in [1.82, 2.24) is 0 Å². The van der Waals surface area contributed by atoms with Crippen molar-refractivity contribution < 1.29 is 32.4 Å². The number of benzene rings is 2. The Labute approximate surface area is 170 Å². The molecule has 0 aliphatic heterocycles. The molecular weight excluding hydrogens is 405 g/mol. The number of anilines is 1. The Morgan fingerprint density at radius 2 is 1.80 bits per heavy atom. The Morgan fingerprint density at radius 3 is 2.43 bits per heavy atom. The van der Waals surface area contributed by atoms with Gasteiger partial charge in [0.15, 0.2) is 6.61 Å². The molecule has 30 heavy (non-hydrogen) atoms. The second kappa shape index (κ2) is 10.5. The van der Waals surface area contributed by atoms with Crippen molar-refractivity contribution in [2.75, 3.05) is 18.5 Å². The molecule has 0 unspecified atom stereocenters. The topological polar surface area (TPSA) is 90.7 Å². The second-order valence-electron chi connectivity index (χ2n) is 6.35. The summed E-state index contributed by atoms with van der Waals surface area (Å²) < 4.78 is 50.0. The SMILES string of the molecule is CCCCCOc1cccc(OCC(=O)Nc2ccc([N+](=O)[O-])c(C(F)(F)F)c2)c1. The number of nitro groups is 1. The minimum Gasteiger partial charge on any atom is -0.493 e. The van der Waals surface area contributed by atoms with Crippen LogP contribution in [0, 0.1) is 10.1 Å². The number of halogens is 3. The maximum Gasteiger partial charge on any atom is 0.423 e. The average molecular weight is 426 g/mol. The van der Waals surface area contributed by atoms with Crippen LogP contribution in [-0.2, 0) is 11.0 Å². The van der Waals surface area contributed by atoms with Gasteiger partial charge in [-0.05, 0) is 30.7 Å². The van der Waals surface area contributed by atoms with Gasteiger partial charge in [0.25, 0.3) is 11.6 Å². The summed E-state index contributed by atoms with van der Waals surface area (Å²) in [5.41, 5.74) is -2.76. The number of hydrogen-bond acceptors (Lipinski definition) is 5. The zero-order chi connectivity index (χ0) is 22.1. The van der Waals surface area contributed by atoms with Gasteiger partial charge in [-0.1, -0.05) is 25.8 Å². The number of rotatable bonds is 10. The predicted octanol–water partition coefficient (Wildman–Crippen LogP) is 5.20. The predicted molar refractivity (Wildman–Crippen MR) is 104 cm³/mol. The molecular formula is C20H21F3N2O5. The number of carbonyl (C=O) groups is 1. The third-order valence-corrected chi connectivity index (χ3v) is 3.97. The maximum absolute atomic E-state index is 13.0. The minimum atomic E-state index is -4.93. The van der Waals surface area contributed by atoms with Gasteiger partial charge in [-0.2, -0.15) is 13.2 Å². The molecule has 0 aromatic heterocycles. The van der Waals surface area contributed by atoms with E-state index in [2.05, 4.69) is 12.2 Å². The van der Waals surface area contributed by atoms with Gasteiger partial charge in [-0.15, -0.1) is 0 Å². The summed E-state index contributed by atoms with van der Waals surface area (Å²) in [5, 5.41) is 13.0. The second-order valence-corrected chi connectivity index (χ2v) is 6.35. The summed E-state index contributed by atoms with van der Waals surface area (Å²) >= 11 is 0. The maximum atomic E-state index is 13.0. The van der Waals surface area contributed by atoms with E-state index in [9.17, 15) is 28.1 Å². The van der Waals surface area contributed by atoms with Gasteiger partial charge < -0.3 is 14.8 Å². The number of unbranched alkanes of at least 4 members (excludes halogenated alkanes) is 2. The van der Waals surface area contributed by atoms with Gasteiger partial charge in [0, 0.05) is 17.8 Å². The lowest BCUT2D eigenvalue weighted by Crippen LogP contribution is -2.20. The van der Waals surface area contributed by atoms with E-state index in [-0.39, 0.29) is 5.69 Å². The zero-order valence-corrected chi connectivity index (χ0v) is 16.2. The van der Waals surface area contributed by atoms with Crippen molar-refractivity contribution in [1.29, 1.82) is 0 Å². The molecule has 0 saturated heterocycles. The van der Waals surface area contributed by atoms with E-state index in [1.807, 2.05) is 0 Å². The van der Waals surface area contributed by atoms with E-state index in [0.29, 0.717) is 30.2 Å². The van der Waals surface area contributed by atoms with Gasteiger partial charge in [0.1, 0.15) is 17.1 Å². The van der Waals surface area contributed by atoms with Crippen LogP contribution in [0.2, 0.25) is 0 Å². The van der Waals surface area contributed by atoms with Crippen LogP contribution in [0.5, 0.6) is 11.5 Å². The monoisotopic (exact) mass is 426 g/mol. The van der Waals surface area contributed by atoms with Gasteiger partial charge in [-0.25, -0.2) is 0 Å². The molecule has 2 aromatic carbocycles. The lowest BCUT2D eigenvalue weighted by Gasteiger charge is -2.12. The standard InChI is InChI=1S/C20H21F3N2O5/c1-2-3-4-10-29-15-6-5-7-16(12-15)30-13-19(26)24-14-8-9-18(25(27)28)17(11-14)20(21,22)23/h5-9,11-12H,2-4,10,13H2,1H3,(H,24,26). The quantitative estimate of drug-likeness (QED) is 0.320. The first-order valence-electron chi connectivity index (χ1n) is 9.22. The van der Waals surface area contributed by atoms with Gasteiger partial charge in [0.2, 0.25) is 0 Å². The van der Waals surface area contributed by atoms with Crippen molar-refractivity contribution in [3.63, 3.8) is 0 Å². The summed E-state index contributed by atoms with van der Waals surface area (Å²) in [6.07, 6.45) is -1.90. The van der Waals surface area contributed by atoms with E-state index >= 15 is 0 Å². The smallest absolute Gasteiger partial charge is 0.423 e. The van der Waals surface area contributed by atoms with Crippen LogP contribution in [-0.4, -0.2) is 24.0 Å². The first-order chi connectivity index (χ1) is 14.2. The van der Waals surface area contributed by atoms with Crippen LogP contribution >= 0.6 is 0 Å². The number of amides is 1. The molecule has 0 saturated carbocycles. The van der Waals surface area contributed by atoms with Gasteiger partial charge in [0.05, 0.1) is 11.5 Å². The van der Waals surface area contributed by atoms with Crippen molar-refractivity contribution in [2.45, 2.75) is 32.4 Å². The molecule has 1 N–H and O–H groups in total. The van der Waals surface area contributed by atoms with Crippen molar-refractivity contribution in [2.24, 2.45) is 0 Å². The zero-order valence-electron chi connectivity index (χ0n) is 16.2. The molecule has 2 aromatic rings. The summed E-state index contributed by atoms with van der Waals surface area (Å²) in [4.78, 5) is 21.7. The molecule has 0 atom stereocenters. The Hall–Kier alpha value is -3.30. The highest BCUT2D eigenvalue weighted by Crippen LogP contribution is 2.37. The third-order valence-electron chi connectivity index (χ3n) is 3.97. The molecule has 162 valence electrons. The highest BCUT2D eigenvalue weighted by molar-refractivity contribution is 5.92. The molecule has 0 spiro atoms. The number of nitrogens with one attached hydrogen (secondary N) is 1. The molecule has 0 heterocycles. The van der Waals surface area contributed by atoms with Crippen LogP contribution in [0.15, 0.2) is 42.5 Å². The van der Waals surface area contributed by atoms with E-state index in [0.717, 1.165) is 25.3 Å². The molecule has 0 aliphatic rings. The van der Waals surface area contributed by atoms with Crippen molar-refractivity contribution in [3.05, 3.63) is 58.1 Å². The number of carbonyl (C=O) groups excluding carboxylic acids is 1. The molecule has 0 aliphatic carbocycles. The van der Waals surface area contributed by atoms with Crippen molar-refractivity contribution in [3.8, 4) is 11.5 Å². The number of alkyl halides is 3. The number of ether oxygens (including phenoxy) is 2. The Kier molecular flexibility index (Phi) is 8.02. The van der Waals surface area contributed by atoms with E-state index < -0.39 is 34.9 Å². The number of nitrogens with zero attached hydrogens (tertiary/aromatic N) is 1. The Morgan fingerprint density at radius 1 is 1.10 bits per heavy atom. The number of hydrogen-bond donors (Lipinski definition) is 1. The van der Waals surface area contributed by atoms with Crippen LogP contribution in [0.1, 0.15) is 31.7 Å². The molecule has 10 heteroatoms. The lowest BCUT2D eigenvalue weighted by atomic mass is 10.1. The summed E-state index contributed by atoms with van der Waals surface area (Å²) in [7, 11) is 0. The average Bonchev–Trinajstić information content (AvgIpc) is 2.69. The first kappa shape index (κ1) is 23.0. The fourth-order valence-corrected chi connectivity index (χ4v) is 2.54. The molecule has 7 nitrogen and oxygen atoms in total. The van der Waals surface area contributed by atoms with E-state index in [1.54, 1.807) is 24.3 Å². The summed E-state index contributed by atoms with van der Waals surface area (Å²) in [6.45, 7) is 2.18. The minimum absolute atomic E-state index is 0.227. The van der Waals surface area contributed by atoms with Crippen LogP contribution in [0.3, 0.4) is 0 Å². The molecule has 0 radical (unpaired) electrons. The molecule has 0 bridgehead atoms. The Bertz CT molecular complexity index is 887. The van der Waals surface area contributed by atoms with Crippen LogP contribution < -0.4 is 14.8 Å². The van der Waals surface area contributed by atoms with Crippen LogP contribution in [0.25, 0.3) is 0 Å². The highest BCUT2D eigenvalue weighted by atomic mass is 19.4. The van der Waals surface area contributed by atoms with Crippen LogP contribution in [0.4, 0.5) is 24.5 Å². The molecule has 2 rings (SSSR count). The Balaban J connectivity index is 1.96.